The zero-order valence-electron chi connectivity index (χ0n) is 20.8. The second-order valence-electron chi connectivity index (χ2n) is 9.85. The Kier molecular flexibility index (Phi) is 7.80. The van der Waals surface area contributed by atoms with Crippen LogP contribution in [0.3, 0.4) is 0 Å². The fourth-order valence-corrected chi connectivity index (χ4v) is 5.72. The van der Waals surface area contributed by atoms with Gasteiger partial charge in [-0.3, -0.25) is 14.5 Å². The van der Waals surface area contributed by atoms with Crippen LogP contribution in [0.25, 0.3) is 0 Å². The Labute approximate surface area is 212 Å². The van der Waals surface area contributed by atoms with Crippen LogP contribution in [0.4, 0.5) is 4.79 Å². The van der Waals surface area contributed by atoms with Gasteiger partial charge in [-0.25, -0.2) is 4.79 Å². The summed E-state index contributed by atoms with van der Waals surface area (Å²) in [5, 5.41) is 3.44. The Morgan fingerprint density at radius 3 is 2.46 bits per heavy atom. The summed E-state index contributed by atoms with van der Waals surface area (Å²) in [4.78, 5) is 42.7. The summed E-state index contributed by atoms with van der Waals surface area (Å²) in [5.41, 5.74) is 5.48. The number of aryl methyl sites for hydroxylation is 3. The molecule has 7 heteroatoms. The Morgan fingerprint density at radius 2 is 1.74 bits per heavy atom. The van der Waals surface area contributed by atoms with Crippen molar-refractivity contribution in [1.82, 2.24) is 15.1 Å². The van der Waals surface area contributed by atoms with Crippen molar-refractivity contribution in [2.24, 2.45) is 5.92 Å². The molecule has 35 heavy (non-hydrogen) atoms. The monoisotopic (exact) mass is 495 g/mol. The van der Waals surface area contributed by atoms with Gasteiger partial charge in [-0.15, -0.1) is 0 Å². The van der Waals surface area contributed by atoms with Crippen molar-refractivity contribution >= 4 is 29.4 Å². The Hall–Kier alpha value is -2.86. The number of hydrogen-bond donors (Lipinski definition) is 1. The van der Waals surface area contributed by atoms with Gasteiger partial charge in [0.25, 0.3) is 0 Å². The molecule has 0 radical (unpaired) electrons. The minimum atomic E-state index is -0.281. The van der Waals surface area contributed by atoms with E-state index in [0.29, 0.717) is 18.1 Å². The van der Waals surface area contributed by atoms with E-state index >= 15 is 0 Å². The maximum Gasteiger partial charge on any atom is 0.327 e. The largest absolute Gasteiger partial charge is 0.352 e. The second kappa shape index (κ2) is 10.8. The number of amides is 4. The molecule has 1 N–H and O–H groups in total. The van der Waals surface area contributed by atoms with Crippen LogP contribution in [0.1, 0.15) is 59.9 Å². The average Bonchev–Trinajstić information content (AvgIpc) is 2.82. The van der Waals surface area contributed by atoms with Gasteiger partial charge in [0.2, 0.25) is 11.8 Å². The first-order valence-corrected chi connectivity index (χ1v) is 12.8. The van der Waals surface area contributed by atoms with Crippen LogP contribution >= 0.6 is 11.6 Å². The van der Waals surface area contributed by atoms with Gasteiger partial charge in [0.15, 0.2) is 0 Å². The van der Waals surface area contributed by atoms with Gasteiger partial charge in [-0.1, -0.05) is 60.3 Å². The Morgan fingerprint density at radius 1 is 1.06 bits per heavy atom. The number of carbonyl (C=O) groups excluding carboxylic acids is 3. The summed E-state index contributed by atoms with van der Waals surface area (Å²) in [6.45, 7) is 7.11. The number of carbonyl (C=O) groups is 3. The zero-order chi connectivity index (χ0) is 25.1. The first-order chi connectivity index (χ1) is 16.8. The lowest BCUT2D eigenvalue weighted by Gasteiger charge is -2.47. The molecule has 1 aliphatic heterocycles. The van der Waals surface area contributed by atoms with E-state index in [1.807, 2.05) is 23.1 Å². The molecule has 2 atom stereocenters. The van der Waals surface area contributed by atoms with Gasteiger partial charge >= 0.3 is 6.03 Å². The number of imide groups is 1. The molecule has 2 aromatic carbocycles. The Balaban J connectivity index is 1.47. The maximum absolute atomic E-state index is 13.6. The first-order valence-electron chi connectivity index (χ1n) is 12.4. The molecule has 0 aromatic heterocycles. The summed E-state index contributed by atoms with van der Waals surface area (Å²) in [6, 6.07) is 11.3. The molecular weight excluding hydrogens is 462 g/mol. The molecule has 2 aromatic rings. The molecule has 1 aliphatic carbocycles. The zero-order valence-corrected chi connectivity index (χ0v) is 21.5. The van der Waals surface area contributed by atoms with Crippen molar-refractivity contribution < 1.29 is 14.4 Å². The minimum absolute atomic E-state index is 0.0652. The molecule has 4 amide bonds. The highest BCUT2D eigenvalue weighted by atomic mass is 35.5. The van der Waals surface area contributed by atoms with Crippen molar-refractivity contribution in [3.05, 3.63) is 69.2 Å². The lowest BCUT2D eigenvalue weighted by atomic mass is 9.80. The number of nitrogens with one attached hydrogen (secondary N) is 1. The van der Waals surface area contributed by atoms with E-state index in [2.05, 4.69) is 38.2 Å². The molecule has 2 fully saturated rings. The van der Waals surface area contributed by atoms with E-state index in [9.17, 15) is 14.4 Å². The second-order valence-corrected chi connectivity index (χ2v) is 10.3. The van der Waals surface area contributed by atoms with Crippen LogP contribution < -0.4 is 5.32 Å². The fraction of sp³-hybridized carbons (Fsp3) is 0.464. The topological polar surface area (TPSA) is 69.7 Å². The minimum Gasteiger partial charge on any atom is -0.352 e. The van der Waals surface area contributed by atoms with Crippen LogP contribution in [0.15, 0.2) is 36.4 Å². The van der Waals surface area contributed by atoms with E-state index in [0.717, 1.165) is 47.9 Å². The third kappa shape index (κ3) is 5.53. The molecule has 0 spiro atoms. The van der Waals surface area contributed by atoms with Gasteiger partial charge in [-0.05, 0) is 61.9 Å². The highest BCUT2D eigenvalue weighted by molar-refractivity contribution is 6.31. The van der Waals surface area contributed by atoms with Crippen LogP contribution in [0, 0.1) is 26.7 Å². The lowest BCUT2D eigenvalue weighted by molar-refractivity contribution is -0.141. The van der Waals surface area contributed by atoms with Gasteiger partial charge in [0.05, 0.1) is 5.92 Å². The van der Waals surface area contributed by atoms with Crippen molar-refractivity contribution in [3.8, 4) is 0 Å². The van der Waals surface area contributed by atoms with Crippen LogP contribution in [0.2, 0.25) is 5.02 Å². The molecule has 1 heterocycles. The fourth-order valence-electron chi connectivity index (χ4n) is 5.52. The molecule has 186 valence electrons. The number of urea groups is 1. The normalized spacial score (nSPS) is 20.1. The van der Waals surface area contributed by atoms with Crippen LogP contribution in [-0.2, 0) is 22.7 Å². The highest BCUT2D eigenvalue weighted by Crippen LogP contribution is 2.36. The van der Waals surface area contributed by atoms with Gasteiger partial charge in [0, 0.05) is 37.1 Å². The number of hydrogen-bond acceptors (Lipinski definition) is 3. The standard InChI is InChI=1S/C28H34ClN3O3/c1-18-14-19(2)23(20(3)15-18)17-32-25-11-7-5-9-22(25)27(34)31(28(32)35)13-12-26(33)30-16-21-8-4-6-10-24(21)29/h4,6,8,10,14-15,22,25H,5,7,9,11-13,16-17H2,1-3H3,(H,30,33). The molecule has 6 nitrogen and oxygen atoms in total. The maximum atomic E-state index is 13.6. The number of nitrogens with zero attached hydrogens (tertiary/aromatic N) is 2. The number of fused-ring (bicyclic) bond motifs is 1. The summed E-state index contributed by atoms with van der Waals surface area (Å²) in [5.74, 6) is -0.543. The molecular formula is C28H34ClN3O3. The van der Waals surface area contributed by atoms with Crippen LogP contribution in [-0.4, -0.2) is 40.2 Å². The molecule has 0 bridgehead atoms. The van der Waals surface area contributed by atoms with Crippen molar-refractivity contribution in [2.75, 3.05) is 6.54 Å². The molecule has 1 saturated carbocycles. The van der Waals surface area contributed by atoms with Crippen molar-refractivity contribution in [1.29, 1.82) is 0 Å². The van der Waals surface area contributed by atoms with E-state index < -0.39 is 0 Å². The summed E-state index contributed by atoms with van der Waals surface area (Å²) >= 11 is 6.17. The average molecular weight is 496 g/mol. The highest BCUT2D eigenvalue weighted by Gasteiger charge is 2.46. The number of benzene rings is 2. The summed E-state index contributed by atoms with van der Waals surface area (Å²) in [6.07, 6.45) is 3.71. The van der Waals surface area contributed by atoms with Crippen LogP contribution in [0.5, 0.6) is 0 Å². The smallest absolute Gasteiger partial charge is 0.327 e. The van der Waals surface area contributed by atoms with Gasteiger partial charge in [0.1, 0.15) is 0 Å². The SMILES string of the molecule is Cc1cc(C)c(CN2C(=O)N(CCC(=O)NCc3ccccc3Cl)C(=O)C3CCCCC32)c(C)c1. The molecule has 4 rings (SSSR count). The quantitative estimate of drug-likeness (QED) is 0.567. The number of halogens is 1. The summed E-state index contributed by atoms with van der Waals surface area (Å²) in [7, 11) is 0. The van der Waals surface area contributed by atoms with E-state index in [1.165, 1.54) is 10.5 Å². The predicted octanol–water partition coefficient (Wildman–Crippen LogP) is 5.29. The Bertz CT molecular complexity index is 1110. The van der Waals surface area contributed by atoms with E-state index in [-0.39, 0.29) is 42.8 Å². The molecule has 2 unspecified atom stereocenters. The molecule has 2 aliphatic rings. The summed E-state index contributed by atoms with van der Waals surface area (Å²) < 4.78 is 0. The number of rotatable bonds is 7. The first kappa shape index (κ1) is 25.2. The molecule has 1 saturated heterocycles. The van der Waals surface area contributed by atoms with Gasteiger partial charge in [-0.2, -0.15) is 0 Å². The third-order valence-electron chi connectivity index (χ3n) is 7.35. The predicted molar refractivity (Wildman–Crippen MR) is 137 cm³/mol. The van der Waals surface area contributed by atoms with E-state index in [4.69, 9.17) is 11.6 Å². The van der Waals surface area contributed by atoms with Gasteiger partial charge < -0.3 is 10.2 Å². The van der Waals surface area contributed by atoms with E-state index in [1.54, 1.807) is 6.07 Å². The van der Waals surface area contributed by atoms with Crippen molar-refractivity contribution in [3.63, 3.8) is 0 Å². The lowest BCUT2D eigenvalue weighted by Crippen LogP contribution is -2.62. The third-order valence-corrected chi connectivity index (χ3v) is 7.72. The van der Waals surface area contributed by atoms with Crippen molar-refractivity contribution in [2.45, 2.75) is 72.0 Å².